The van der Waals surface area contributed by atoms with Crippen LogP contribution in [-0.4, -0.2) is 37.4 Å². The Hall–Kier alpha value is -1.98. The number of aromatic nitrogens is 1. The van der Waals surface area contributed by atoms with E-state index in [-0.39, 0.29) is 0 Å². The summed E-state index contributed by atoms with van der Waals surface area (Å²) in [5.41, 5.74) is 1.29. The van der Waals surface area contributed by atoms with Crippen LogP contribution in [0, 0.1) is 0 Å². The minimum Gasteiger partial charge on any atom is -0.495 e. The van der Waals surface area contributed by atoms with Crippen LogP contribution in [0.15, 0.2) is 6.07 Å². The van der Waals surface area contributed by atoms with Gasteiger partial charge in [-0.25, -0.2) is 9.78 Å². The molecule has 0 aliphatic heterocycles. The van der Waals surface area contributed by atoms with Gasteiger partial charge in [-0.2, -0.15) is 0 Å². The number of aryl methyl sites for hydroxylation is 1. The normalized spacial score (nSPS) is 11.1. The topological polar surface area (TPSA) is 69.7 Å². The van der Waals surface area contributed by atoms with E-state index in [1.54, 1.807) is 14.2 Å². The number of carbonyl (C=O) groups is 1. The van der Waals surface area contributed by atoms with Gasteiger partial charge >= 0.3 is 6.09 Å². The predicted molar refractivity (Wildman–Crippen MR) is 93.9 cm³/mol. The molecule has 6 heteroatoms. The number of carbonyl (C=O) groups excluding carboxylic acids is 1. The molecular weight excluding hydrogens is 308 g/mol. The molecule has 0 spiro atoms. The van der Waals surface area contributed by atoms with Gasteiger partial charge in [-0.05, 0) is 39.7 Å². The van der Waals surface area contributed by atoms with Crippen LogP contribution in [0.4, 0.5) is 4.79 Å². The molecule has 0 unspecified atom stereocenters. The van der Waals surface area contributed by atoms with Crippen LogP contribution in [0.3, 0.4) is 0 Å². The Morgan fingerprint density at radius 1 is 1.21 bits per heavy atom. The molecule has 1 amide bonds. The number of methoxy groups -OCH3 is 2. The number of hydrogen-bond acceptors (Lipinski definition) is 5. The van der Waals surface area contributed by atoms with Gasteiger partial charge in [0.1, 0.15) is 11.4 Å². The number of alkyl carbamates (subject to hydrolysis) is 1. The average molecular weight is 338 g/mol. The van der Waals surface area contributed by atoms with Crippen molar-refractivity contribution in [2.75, 3.05) is 20.8 Å². The van der Waals surface area contributed by atoms with Crippen LogP contribution < -0.4 is 14.8 Å². The van der Waals surface area contributed by atoms with Gasteiger partial charge in [-0.3, -0.25) is 0 Å². The van der Waals surface area contributed by atoms with Gasteiger partial charge in [0, 0.05) is 18.5 Å². The summed E-state index contributed by atoms with van der Waals surface area (Å²) in [7, 11) is 3.24. The Labute approximate surface area is 144 Å². The molecule has 6 nitrogen and oxygen atoms in total. The summed E-state index contributed by atoms with van der Waals surface area (Å²) in [6.07, 6.45) is 3.17. The Bertz CT molecular complexity index is 539. The van der Waals surface area contributed by atoms with Crippen molar-refractivity contribution in [2.24, 2.45) is 0 Å². The third kappa shape index (κ3) is 6.64. The number of pyridine rings is 1. The maximum atomic E-state index is 11.7. The van der Waals surface area contributed by atoms with Gasteiger partial charge < -0.3 is 19.5 Å². The van der Waals surface area contributed by atoms with E-state index in [1.165, 1.54) is 0 Å². The molecule has 1 aromatic heterocycles. The van der Waals surface area contributed by atoms with Crippen molar-refractivity contribution in [2.45, 2.75) is 59.0 Å². The fraction of sp³-hybridized carbons (Fsp3) is 0.667. The molecule has 0 atom stereocenters. The molecule has 0 fully saturated rings. The van der Waals surface area contributed by atoms with E-state index in [1.807, 2.05) is 26.8 Å². The van der Waals surface area contributed by atoms with Crippen molar-refractivity contribution in [1.29, 1.82) is 0 Å². The highest BCUT2D eigenvalue weighted by molar-refractivity contribution is 5.67. The fourth-order valence-corrected chi connectivity index (χ4v) is 2.23. The van der Waals surface area contributed by atoms with Crippen LogP contribution >= 0.6 is 0 Å². The second-order valence-corrected chi connectivity index (χ2v) is 6.59. The number of nitrogens with zero attached hydrogens (tertiary/aromatic N) is 1. The molecule has 0 aliphatic rings. The molecule has 0 aliphatic carbocycles. The van der Waals surface area contributed by atoms with Gasteiger partial charge in [0.15, 0.2) is 0 Å². The molecule has 0 saturated carbocycles. The number of nitrogens with one attached hydrogen (secondary N) is 1. The van der Waals surface area contributed by atoms with Crippen LogP contribution in [-0.2, 0) is 17.6 Å². The van der Waals surface area contributed by atoms with Crippen molar-refractivity contribution in [3.63, 3.8) is 0 Å². The monoisotopic (exact) mass is 338 g/mol. The smallest absolute Gasteiger partial charge is 0.407 e. The summed E-state index contributed by atoms with van der Waals surface area (Å²) in [5, 5.41) is 2.73. The lowest BCUT2D eigenvalue weighted by Crippen LogP contribution is -2.33. The molecule has 1 N–H and O–H groups in total. The number of hydrogen-bond donors (Lipinski definition) is 1. The maximum absolute atomic E-state index is 11.7. The zero-order valence-electron chi connectivity index (χ0n) is 15.7. The highest BCUT2D eigenvalue weighted by atomic mass is 16.6. The zero-order valence-corrected chi connectivity index (χ0v) is 15.7. The van der Waals surface area contributed by atoms with Gasteiger partial charge in [-0.1, -0.05) is 13.3 Å². The first kappa shape index (κ1) is 20.1. The fourth-order valence-electron chi connectivity index (χ4n) is 2.23. The quantitative estimate of drug-likeness (QED) is 0.785. The lowest BCUT2D eigenvalue weighted by atomic mass is 10.1. The summed E-state index contributed by atoms with van der Waals surface area (Å²) < 4.78 is 16.1. The Morgan fingerprint density at radius 2 is 1.92 bits per heavy atom. The Morgan fingerprint density at radius 3 is 2.46 bits per heavy atom. The second-order valence-electron chi connectivity index (χ2n) is 6.59. The molecule has 0 radical (unpaired) electrons. The van der Waals surface area contributed by atoms with Crippen LogP contribution in [0.5, 0.6) is 11.6 Å². The molecular formula is C18H30N2O4. The van der Waals surface area contributed by atoms with Crippen LogP contribution in [0.1, 0.15) is 51.8 Å². The van der Waals surface area contributed by atoms with Gasteiger partial charge in [-0.15, -0.1) is 0 Å². The maximum Gasteiger partial charge on any atom is 0.407 e. The zero-order chi connectivity index (χ0) is 18.2. The molecule has 0 saturated heterocycles. The largest absolute Gasteiger partial charge is 0.495 e. The van der Waals surface area contributed by atoms with E-state index >= 15 is 0 Å². The lowest BCUT2D eigenvalue weighted by Gasteiger charge is -2.19. The van der Waals surface area contributed by atoms with Crippen molar-refractivity contribution in [3.05, 3.63) is 17.3 Å². The third-order valence-corrected chi connectivity index (χ3v) is 3.34. The molecule has 0 aromatic carbocycles. The summed E-state index contributed by atoms with van der Waals surface area (Å²) in [6.45, 7) is 8.05. The Balaban J connectivity index is 2.74. The van der Waals surface area contributed by atoms with Crippen molar-refractivity contribution < 1.29 is 19.0 Å². The second kappa shape index (κ2) is 9.35. The van der Waals surface area contributed by atoms with E-state index in [9.17, 15) is 4.79 Å². The molecule has 24 heavy (non-hydrogen) atoms. The lowest BCUT2D eigenvalue weighted by molar-refractivity contribution is 0.0528. The van der Waals surface area contributed by atoms with Crippen LogP contribution in [0.2, 0.25) is 0 Å². The van der Waals surface area contributed by atoms with Crippen molar-refractivity contribution >= 4 is 6.09 Å². The number of unbranched alkanes of at least 4 members (excludes halogenated alkanes) is 1. The van der Waals surface area contributed by atoms with E-state index in [4.69, 9.17) is 14.2 Å². The molecule has 1 rings (SSSR count). The number of ether oxygens (including phenoxy) is 3. The summed E-state index contributed by atoms with van der Waals surface area (Å²) in [6, 6.07) is 1.98. The van der Waals surface area contributed by atoms with Crippen LogP contribution in [0.25, 0.3) is 0 Å². The average Bonchev–Trinajstić information content (AvgIpc) is 2.51. The standard InChI is InChI=1S/C18H30N2O4/c1-7-8-9-13-12-15(22-5)14(20-16(13)23-6)10-11-19-17(21)24-18(2,3)4/h12H,7-11H2,1-6H3,(H,19,21). The van der Waals surface area contributed by atoms with Crippen molar-refractivity contribution in [3.8, 4) is 11.6 Å². The van der Waals surface area contributed by atoms with E-state index in [2.05, 4.69) is 17.2 Å². The van der Waals surface area contributed by atoms with Gasteiger partial charge in [0.25, 0.3) is 0 Å². The Kier molecular flexibility index (Phi) is 7.82. The summed E-state index contributed by atoms with van der Waals surface area (Å²) in [5.74, 6) is 1.34. The van der Waals surface area contributed by atoms with E-state index in [0.29, 0.717) is 24.6 Å². The molecule has 0 bridgehead atoms. The highest BCUT2D eigenvalue weighted by Gasteiger charge is 2.17. The van der Waals surface area contributed by atoms with E-state index in [0.717, 1.165) is 30.5 Å². The van der Waals surface area contributed by atoms with E-state index < -0.39 is 11.7 Å². The molecule has 1 heterocycles. The first-order chi connectivity index (χ1) is 11.3. The first-order valence-corrected chi connectivity index (χ1v) is 8.38. The number of amides is 1. The predicted octanol–water partition coefficient (Wildman–Crippen LogP) is 3.51. The summed E-state index contributed by atoms with van der Waals surface area (Å²) in [4.78, 5) is 16.2. The first-order valence-electron chi connectivity index (χ1n) is 8.38. The molecule has 136 valence electrons. The summed E-state index contributed by atoms with van der Waals surface area (Å²) >= 11 is 0. The van der Waals surface area contributed by atoms with Crippen molar-refractivity contribution in [1.82, 2.24) is 10.3 Å². The highest BCUT2D eigenvalue weighted by Crippen LogP contribution is 2.27. The minimum atomic E-state index is -0.510. The SMILES string of the molecule is CCCCc1cc(OC)c(CCNC(=O)OC(C)(C)C)nc1OC. The molecule has 1 aromatic rings. The number of rotatable bonds is 8. The third-order valence-electron chi connectivity index (χ3n) is 3.34. The minimum absolute atomic E-state index is 0.412. The van der Waals surface area contributed by atoms with Gasteiger partial charge in [0.2, 0.25) is 5.88 Å². The van der Waals surface area contributed by atoms with Gasteiger partial charge in [0.05, 0.1) is 19.9 Å².